The summed E-state index contributed by atoms with van der Waals surface area (Å²) in [6, 6.07) is 0. The number of rotatable bonds is 7. The third kappa shape index (κ3) is 31.1. The summed E-state index contributed by atoms with van der Waals surface area (Å²) >= 11 is 15.1. The van der Waals surface area contributed by atoms with Gasteiger partial charge in [0.15, 0.2) is 0 Å². The molecule has 20 heavy (non-hydrogen) atoms. The molecule has 13 heteroatoms. The first-order valence-corrected chi connectivity index (χ1v) is 8.94. The molecule has 0 bridgehead atoms. The molecule has 0 unspecified atom stereocenters. The average Bonchev–Trinajstić information content (AvgIpc) is 2.28. The Morgan fingerprint density at radius 2 is 1.70 bits per heavy atom. The van der Waals surface area contributed by atoms with E-state index in [-0.39, 0.29) is 0 Å². The number of phosphoric acid groups is 1. The molecule has 120 valence electrons. The molecule has 0 saturated carbocycles. The van der Waals surface area contributed by atoms with Crippen molar-refractivity contribution in [2.45, 2.75) is 6.42 Å². The second-order valence-corrected chi connectivity index (χ2v) is 6.85. The fourth-order valence-corrected chi connectivity index (χ4v) is 1.71. The SMILES string of the molecule is NCCCNSC(=S)NCCNC(=S)S.O=P(O)(O)O. The summed E-state index contributed by atoms with van der Waals surface area (Å²) in [4.78, 5) is 21.6. The largest absolute Gasteiger partial charge is 0.466 e. The Bertz CT molecular complexity index is 322. The Balaban J connectivity index is 0. The number of hydrogen-bond acceptors (Lipinski definition) is 6. The minimum absolute atomic E-state index is 0.497. The summed E-state index contributed by atoms with van der Waals surface area (Å²) in [6.45, 7) is 3.00. The zero-order valence-corrected chi connectivity index (χ0v) is 14.7. The van der Waals surface area contributed by atoms with Crippen molar-refractivity contribution in [3.8, 4) is 0 Å². The van der Waals surface area contributed by atoms with Crippen molar-refractivity contribution in [2.75, 3.05) is 26.2 Å². The van der Waals surface area contributed by atoms with Crippen LogP contribution in [0.4, 0.5) is 0 Å². The lowest BCUT2D eigenvalue weighted by atomic mass is 10.4. The molecular formula is C7H19N4O4PS4. The van der Waals surface area contributed by atoms with Gasteiger partial charge in [0, 0.05) is 19.6 Å². The number of nitrogens with two attached hydrogens (primary N) is 1. The molecule has 0 aliphatic heterocycles. The van der Waals surface area contributed by atoms with E-state index < -0.39 is 7.82 Å². The molecular weight excluding hydrogens is 363 g/mol. The van der Waals surface area contributed by atoms with E-state index in [4.69, 9.17) is 49.4 Å². The lowest BCUT2D eigenvalue weighted by Gasteiger charge is -2.08. The summed E-state index contributed by atoms with van der Waals surface area (Å²) in [5.74, 6) is 0. The van der Waals surface area contributed by atoms with Crippen LogP contribution in [-0.2, 0) is 4.57 Å². The summed E-state index contributed by atoms with van der Waals surface area (Å²) < 4.78 is 13.2. The van der Waals surface area contributed by atoms with Gasteiger partial charge in [-0.3, -0.25) is 4.72 Å². The van der Waals surface area contributed by atoms with Crippen molar-refractivity contribution < 1.29 is 19.2 Å². The molecule has 8 N–H and O–H groups in total. The molecule has 0 heterocycles. The Morgan fingerprint density at radius 1 is 1.20 bits per heavy atom. The summed E-state index contributed by atoms with van der Waals surface area (Å²) in [7, 11) is -4.64. The third-order valence-electron chi connectivity index (χ3n) is 1.32. The second-order valence-electron chi connectivity index (χ2n) is 3.10. The van der Waals surface area contributed by atoms with E-state index in [1.54, 1.807) is 0 Å². The Labute approximate surface area is 138 Å². The molecule has 0 saturated heterocycles. The fourth-order valence-electron chi connectivity index (χ4n) is 0.661. The van der Waals surface area contributed by atoms with E-state index in [0.717, 1.165) is 23.8 Å². The van der Waals surface area contributed by atoms with Crippen LogP contribution in [0.2, 0.25) is 0 Å². The molecule has 0 rings (SSSR count). The van der Waals surface area contributed by atoms with Crippen molar-refractivity contribution in [3.63, 3.8) is 0 Å². The van der Waals surface area contributed by atoms with Crippen molar-refractivity contribution >= 4 is 65.5 Å². The standard InChI is InChI=1S/C7H16N4S4.H3O4P/c8-2-1-3-11-15-7(14)10-5-4-9-6(12)13;1-5(2,3)4/h11H,1-5,8H2,(H,10,14)(H2,9,12,13);(H3,1,2,3,4). The number of thiol groups is 1. The highest BCUT2D eigenvalue weighted by Gasteiger charge is 2.00. The molecule has 8 nitrogen and oxygen atoms in total. The van der Waals surface area contributed by atoms with Gasteiger partial charge in [-0.15, -0.1) is 12.6 Å². The van der Waals surface area contributed by atoms with Crippen LogP contribution in [-0.4, -0.2) is 49.5 Å². The van der Waals surface area contributed by atoms with Crippen LogP contribution in [0.5, 0.6) is 0 Å². The van der Waals surface area contributed by atoms with Gasteiger partial charge in [-0.1, -0.05) is 24.4 Å². The van der Waals surface area contributed by atoms with Gasteiger partial charge in [-0.25, -0.2) is 4.57 Å². The normalized spacial score (nSPS) is 10.2. The van der Waals surface area contributed by atoms with E-state index in [1.807, 2.05) is 0 Å². The van der Waals surface area contributed by atoms with Gasteiger partial charge in [-0.2, -0.15) is 0 Å². The predicted molar refractivity (Wildman–Crippen MR) is 93.7 cm³/mol. The van der Waals surface area contributed by atoms with Crippen LogP contribution >= 0.6 is 56.8 Å². The van der Waals surface area contributed by atoms with Gasteiger partial charge in [0.05, 0.1) is 0 Å². The quantitative estimate of drug-likeness (QED) is 0.0934. The van der Waals surface area contributed by atoms with Crippen molar-refractivity contribution in [3.05, 3.63) is 0 Å². The molecule has 0 aliphatic carbocycles. The summed E-state index contributed by atoms with van der Waals surface area (Å²) in [5.41, 5.74) is 5.35. The fraction of sp³-hybridized carbons (Fsp3) is 0.714. The second kappa shape index (κ2) is 14.4. The minimum Gasteiger partial charge on any atom is -0.369 e. The van der Waals surface area contributed by atoms with Crippen molar-refractivity contribution in [2.24, 2.45) is 5.73 Å². The van der Waals surface area contributed by atoms with Crippen LogP contribution in [0.25, 0.3) is 0 Å². The highest BCUT2D eigenvalue weighted by atomic mass is 32.2. The molecule has 0 aromatic carbocycles. The average molecular weight is 382 g/mol. The summed E-state index contributed by atoms with van der Waals surface area (Å²) in [5, 5.41) is 5.96. The van der Waals surface area contributed by atoms with Gasteiger partial charge < -0.3 is 31.0 Å². The minimum atomic E-state index is -4.64. The highest BCUT2D eigenvalue weighted by molar-refractivity contribution is 8.21. The van der Waals surface area contributed by atoms with Gasteiger partial charge in [0.1, 0.15) is 8.64 Å². The molecule has 0 aromatic heterocycles. The van der Waals surface area contributed by atoms with E-state index in [2.05, 4.69) is 28.0 Å². The maximum atomic E-state index is 8.88. The molecule has 0 aromatic rings. The maximum Gasteiger partial charge on any atom is 0.466 e. The monoisotopic (exact) mass is 382 g/mol. The van der Waals surface area contributed by atoms with Crippen molar-refractivity contribution in [1.82, 2.24) is 15.4 Å². The van der Waals surface area contributed by atoms with Gasteiger partial charge in [0.2, 0.25) is 0 Å². The molecule has 0 amide bonds. The Morgan fingerprint density at radius 3 is 2.15 bits per heavy atom. The predicted octanol–water partition coefficient (Wildman–Crippen LogP) is -0.677. The third-order valence-corrected chi connectivity index (χ3v) is 2.69. The molecule has 0 radical (unpaired) electrons. The zero-order chi connectivity index (χ0) is 16.0. The van der Waals surface area contributed by atoms with E-state index >= 15 is 0 Å². The van der Waals surface area contributed by atoms with Crippen LogP contribution in [0, 0.1) is 0 Å². The van der Waals surface area contributed by atoms with E-state index in [1.165, 1.54) is 11.9 Å². The van der Waals surface area contributed by atoms with E-state index in [0.29, 0.717) is 17.4 Å². The lowest BCUT2D eigenvalue weighted by Crippen LogP contribution is -2.31. The van der Waals surface area contributed by atoms with Crippen LogP contribution in [0.15, 0.2) is 0 Å². The summed E-state index contributed by atoms with van der Waals surface area (Å²) in [6.07, 6.45) is 0.949. The number of thiocarbonyl (C=S) groups is 2. The highest BCUT2D eigenvalue weighted by Crippen LogP contribution is 2.25. The van der Waals surface area contributed by atoms with Crippen LogP contribution in [0.3, 0.4) is 0 Å². The maximum absolute atomic E-state index is 8.88. The first kappa shape index (κ1) is 22.8. The first-order chi connectivity index (χ1) is 9.16. The Kier molecular flexibility index (Phi) is 16.5. The van der Waals surface area contributed by atoms with Crippen LogP contribution in [0.1, 0.15) is 6.42 Å². The molecule has 0 atom stereocenters. The van der Waals surface area contributed by atoms with Gasteiger partial charge in [0.25, 0.3) is 0 Å². The number of nitrogens with one attached hydrogen (secondary N) is 3. The smallest absolute Gasteiger partial charge is 0.369 e. The topological polar surface area (TPSA) is 140 Å². The van der Waals surface area contributed by atoms with Crippen molar-refractivity contribution in [1.29, 1.82) is 0 Å². The number of hydrogen-bond donors (Lipinski definition) is 8. The van der Waals surface area contributed by atoms with Gasteiger partial charge in [-0.05, 0) is 24.9 Å². The molecule has 0 spiro atoms. The lowest BCUT2D eigenvalue weighted by molar-refractivity contribution is 0.275. The Hall–Kier alpha value is 0.510. The first-order valence-electron chi connectivity index (χ1n) is 5.29. The van der Waals surface area contributed by atoms with E-state index in [9.17, 15) is 0 Å². The zero-order valence-electron chi connectivity index (χ0n) is 10.5. The van der Waals surface area contributed by atoms with Gasteiger partial charge >= 0.3 is 7.82 Å². The molecule has 0 aliphatic rings. The van der Waals surface area contributed by atoms with Crippen LogP contribution < -0.4 is 21.1 Å². The molecule has 0 fully saturated rings.